The van der Waals surface area contributed by atoms with Crippen molar-refractivity contribution in [3.63, 3.8) is 0 Å². The largest absolute Gasteiger partial charge is 0.341 e. The van der Waals surface area contributed by atoms with E-state index in [9.17, 15) is 9.18 Å². The Labute approximate surface area is 136 Å². The Morgan fingerprint density at radius 2 is 2.29 bits per heavy atom. The standard InChI is InChI=1S/C15H20ClFN2O.ClH/c1-19(10-12-3-4-13(17)8-14(12)16)15(20)5-2-11-6-7-18-9-11;/h3-4,8,11,18H,2,5-7,9-10H2,1H3;1H. The summed E-state index contributed by atoms with van der Waals surface area (Å²) in [4.78, 5) is 13.7. The molecule has 1 saturated heterocycles. The smallest absolute Gasteiger partial charge is 0.222 e. The highest BCUT2D eigenvalue weighted by Crippen LogP contribution is 2.20. The van der Waals surface area contributed by atoms with E-state index in [1.807, 2.05) is 0 Å². The average molecular weight is 335 g/mol. The van der Waals surface area contributed by atoms with Gasteiger partial charge in [-0.15, -0.1) is 12.4 Å². The van der Waals surface area contributed by atoms with Gasteiger partial charge in [-0.3, -0.25) is 4.79 Å². The molecule has 1 amide bonds. The van der Waals surface area contributed by atoms with Crippen molar-refractivity contribution in [2.75, 3.05) is 20.1 Å². The van der Waals surface area contributed by atoms with Gasteiger partial charge >= 0.3 is 0 Å². The molecular formula is C15H21Cl2FN2O. The van der Waals surface area contributed by atoms with Crippen LogP contribution in [0.25, 0.3) is 0 Å². The van der Waals surface area contributed by atoms with Gasteiger partial charge in [-0.1, -0.05) is 17.7 Å². The van der Waals surface area contributed by atoms with Gasteiger partial charge in [0.05, 0.1) is 0 Å². The van der Waals surface area contributed by atoms with E-state index >= 15 is 0 Å². The second-order valence-corrected chi connectivity index (χ2v) is 5.79. The number of nitrogens with one attached hydrogen (secondary N) is 1. The van der Waals surface area contributed by atoms with Gasteiger partial charge < -0.3 is 10.2 Å². The molecule has 1 atom stereocenters. The lowest BCUT2D eigenvalue weighted by Gasteiger charge is -2.19. The minimum Gasteiger partial charge on any atom is -0.341 e. The topological polar surface area (TPSA) is 32.3 Å². The zero-order valence-corrected chi connectivity index (χ0v) is 13.6. The van der Waals surface area contributed by atoms with Crippen LogP contribution in [0.4, 0.5) is 4.39 Å². The third kappa shape index (κ3) is 5.46. The molecule has 0 radical (unpaired) electrons. The molecule has 0 aromatic heterocycles. The molecule has 6 heteroatoms. The van der Waals surface area contributed by atoms with Crippen molar-refractivity contribution in [2.45, 2.75) is 25.8 Å². The highest BCUT2D eigenvalue weighted by molar-refractivity contribution is 6.31. The number of benzene rings is 1. The van der Waals surface area contributed by atoms with E-state index in [-0.39, 0.29) is 24.1 Å². The van der Waals surface area contributed by atoms with Gasteiger partial charge in [-0.2, -0.15) is 0 Å². The van der Waals surface area contributed by atoms with E-state index < -0.39 is 0 Å². The van der Waals surface area contributed by atoms with Gasteiger partial charge in [0.1, 0.15) is 5.82 Å². The molecule has 0 aliphatic carbocycles. The highest BCUT2D eigenvalue weighted by Gasteiger charge is 2.17. The Hall–Kier alpha value is -0.840. The second-order valence-electron chi connectivity index (χ2n) is 5.38. The van der Waals surface area contributed by atoms with Gasteiger partial charge in [0.15, 0.2) is 0 Å². The lowest BCUT2D eigenvalue weighted by Crippen LogP contribution is -2.26. The summed E-state index contributed by atoms with van der Waals surface area (Å²) in [5.74, 6) is 0.362. The SMILES string of the molecule is CN(Cc1ccc(F)cc1Cl)C(=O)CCC1CCNC1.Cl. The van der Waals surface area contributed by atoms with Crippen molar-refractivity contribution >= 4 is 29.9 Å². The van der Waals surface area contributed by atoms with Crippen LogP contribution >= 0.6 is 24.0 Å². The predicted octanol–water partition coefficient (Wildman–Crippen LogP) is 3.25. The molecular weight excluding hydrogens is 314 g/mol. The summed E-state index contributed by atoms with van der Waals surface area (Å²) in [5.41, 5.74) is 0.770. The number of carbonyl (C=O) groups is 1. The van der Waals surface area contributed by atoms with E-state index in [1.54, 1.807) is 18.0 Å². The maximum atomic E-state index is 13.0. The first-order valence-electron chi connectivity index (χ1n) is 6.95. The number of nitrogens with zero attached hydrogens (tertiary/aromatic N) is 1. The van der Waals surface area contributed by atoms with Crippen molar-refractivity contribution < 1.29 is 9.18 Å². The zero-order valence-electron chi connectivity index (χ0n) is 12.1. The summed E-state index contributed by atoms with van der Waals surface area (Å²) >= 11 is 5.97. The molecule has 21 heavy (non-hydrogen) atoms. The fraction of sp³-hybridized carbons (Fsp3) is 0.533. The van der Waals surface area contributed by atoms with Crippen LogP contribution in [0.15, 0.2) is 18.2 Å². The number of carbonyl (C=O) groups excluding carboxylic acids is 1. The predicted molar refractivity (Wildman–Crippen MR) is 85.3 cm³/mol. The molecule has 1 aromatic carbocycles. The molecule has 1 N–H and O–H groups in total. The molecule has 1 aromatic rings. The van der Waals surface area contributed by atoms with Crippen molar-refractivity contribution in [1.29, 1.82) is 0 Å². The summed E-state index contributed by atoms with van der Waals surface area (Å²) in [6.07, 6.45) is 2.63. The van der Waals surface area contributed by atoms with Crippen LogP contribution < -0.4 is 5.32 Å². The lowest BCUT2D eigenvalue weighted by molar-refractivity contribution is -0.130. The number of halogens is 3. The number of rotatable bonds is 5. The first kappa shape index (κ1) is 18.2. The summed E-state index contributed by atoms with van der Waals surface area (Å²) in [6, 6.07) is 4.27. The van der Waals surface area contributed by atoms with Crippen LogP contribution in [0.5, 0.6) is 0 Å². The molecule has 1 aliphatic rings. The maximum Gasteiger partial charge on any atom is 0.222 e. The van der Waals surface area contributed by atoms with Crippen LogP contribution in [0.2, 0.25) is 5.02 Å². The summed E-state index contributed by atoms with van der Waals surface area (Å²) < 4.78 is 13.0. The summed E-state index contributed by atoms with van der Waals surface area (Å²) in [7, 11) is 1.76. The third-order valence-electron chi connectivity index (χ3n) is 3.78. The van der Waals surface area contributed by atoms with E-state index in [1.165, 1.54) is 12.1 Å². The number of amides is 1. The maximum absolute atomic E-state index is 13.0. The van der Waals surface area contributed by atoms with Crippen LogP contribution in [0.3, 0.4) is 0 Å². The highest BCUT2D eigenvalue weighted by atomic mass is 35.5. The van der Waals surface area contributed by atoms with Crippen molar-refractivity contribution in [1.82, 2.24) is 10.2 Å². The van der Waals surface area contributed by atoms with Gasteiger partial charge in [-0.25, -0.2) is 4.39 Å². The Kier molecular flexibility index (Phi) is 7.43. The Bertz CT molecular complexity index is 479. The Balaban J connectivity index is 0.00000220. The minimum absolute atomic E-state index is 0. The van der Waals surface area contributed by atoms with Crippen LogP contribution in [-0.2, 0) is 11.3 Å². The van der Waals surface area contributed by atoms with Gasteiger partial charge in [0, 0.05) is 25.0 Å². The molecule has 3 nitrogen and oxygen atoms in total. The van der Waals surface area contributed by atoms with Gasteiger partial charge in [0.2, 0.25) is 5.91 Å². The summed E-state index contributed by atoms with van der Waals surface area (Å²) in [5, 5.41) is 3.67. The van der Waals surface area contributed by atoms with Crippen LogP contribution in [0.1, 0.15) is 24.8 Å². The van der Waals surface area contributed by atoms with Gasteiger partial charge in [-0.05, 0) is 49.5 Å². The third-order valence-corrected chi connectivity index (χ3v) is 4.13. The minimum atomic E-state index is -0.360. The molecule has 0 saturated carbocycles. The fourth-order valence-corrected chi connectivity index (χ4v) is 2.70. The Morgan fingerprint density at radius 3 is 2.90 bits per heavy atom. The normalized spacial score (nSPS) is 17.4. The molecule has 0 spiro atoms. The quantitative estimate of drug-likeness (QED) is 0.896. The first-order chi connectivity index (χ1) is 9.56. The molecule has 1 heterocycles. The van der Waals surface area contributed by atoms with Crippen molar-refractivity contribution in [2.24, 2.45) is 5.92 Å². The second kappa shape index (κ2) is 8.57. The van der Waals surface area contributed by atoms with Gasteiger partial charge in [0.25, 0.3) is 0 Å². The zero-order chi connectivity index (χ0) is 14.5. The lowest BCUT2D eigenvalue weighted by atomic mass is 10.0. The van der Waals surface area contributed by atoms with E-state index in [4.69, 9.17) is 11.6 Å². The van der Waals surface area contributed by atoms with Crippen LogP contribution in [-0.4, -0.2) is 30.9 Å². The number of hydrogen-bond donors (Lipinski definition) is 1. The van der Waals surface area contributed by atoms with Crippen molar-refractivity contribution in [3.05, 3.63) is 34.6 Å². The molecule has 1 unspecified atom stereocenters. The molecule has 118 valence electrons. The van der Waals surface area contributed by atoms with E-state index in [0.717, 1.165) is 31.5 Å². The molecule has 1 fully saturated rings. The average Bonchev–Trinajstić information content (AvgIpc) is 2.92. The van der Waals surface area contributed by atoms with Crippen LogP contribution in [0, 0.1) is 11.7 Å². The molecule has 1 aliphatic heterocycles. The number of hydrogen-bond acceptors (Lipinski definition) is 2. The van der Waals surface area contributed by atoms with E-state index in [2.05, 4.69) is 5.32 Å². The monoisotopic (exact) mass is 334 g/mol. The molecule has 0 bridgehead atoms. The van der Waals surface area contributed by atoms with E-state index in [0.29, 0.717) is 23.9 Å². The molecule has 2 rings (SSSR count). The Morgan fingerprint density at radius 1 is 1.52 bits per heavy atom. The summed E-state index contributed by atoms with van der Waals surface area (Å²) in [6.45, 7) is 2.49. The first-order valence-corrected chi connectivity index (χ1v) is 7.32. The van der Waals surface area contributed by atoms with Crippen molar-refractivity contribution in [3.8, 4) is 0 Å². The fourth-order valence-electron chi connectivity index (χ4n) is 2.47.